The van der Waals surface area contributed by atoms with Crippen LogP contribution in [-0.4, -0.2) is 91.4 Å². The molecule has 0 N–H and O–H groups in total. The van der Waals surface area contributed by atoms with Crippen molar-refractivity contribution in [1.82, 2.24) is 14.9 Å². The van der Waals surface area contributed by atoms with Gasteiger partial charge in [-0.05, 0) is 61.0 Å². The zero-order valence-electron chi connectivity index (χ0n) is 22.4. The van der Waals surface area contributed by atoms with Gasteiger partial charge in [0.25, 0.3) is 6.43 Å². The molecule has 0 radical (unpaired) electrons. The van der Waals surface area contributed by atoms with Crippen molar-refractivity contribution in [2.24, 2.45) is 0 Å². The van der Waals surface area contributed by atoms with E-state index in [1.807, 2.05) is 0 Å². The smallest absolute Gasteiger partial charge is 0.319 e. The van der Waals surface area contributed by atoms with E-state index in [-0.39, 0.29) is 64.1 Å². The molecular formula is C27H32BrClF4N4O4. The van der Waals surface area contributed by atoms with E-state index in [0.717, 1.165) is 38.6 Å². The summed E-state index contributed by atoms with van der Waals surface area (Å²) >= 11 is 9.65. The number of rotatable bonds is 9. The predicted octanol–water partition coefficient (Wildman–Crippen LogP) is 5.91. The molecule has 41 heavy (non-hydrogen) atoms. The van der Waals surface area contributed by atoms with Gasteiger partial charge in [0.2, 0.25) is 0 Å². The molecule has 0 saturated carbocycles. The van der Waals surface area contributed by atoms with Crippen molar-refractivity contribution in [3.63, 3.8) is 0 Å². The maximum absolute atomic E-state index is 15.6. The summed E-state index contributed by atoms with van der Waals surface area (Å²) in [6.45, 7) is 1.37. The molecule has 226 valence electrons. The first-order valence-electron chi connectivity index (χ1n) is 14.1. The van der Waals surface area contributed by atoms with Crippen LogP contribution in [0.25, 0.3) is 10.9 Å². The molecule has 5 heterocycles. The summed E-state index contributed by atoms with van der Waals surface area (Å²) in [7, 11) is 0. The van der Waals surface area contributed by atoms with Crippen molar-refractivity contribution in [2.75, 3.05) is 51.0 Å². The van der Waals surface area contributed by atoms with Crippen LogP contribution in [0.5, 0.6) is 11.8 Å². The Morgan fingerprint density at radius 3 is 2.85 bits per heavy atom. The fourth-order valence-corrected chi connectivity index (χ4v) is 7.11. The molecule has 0 bridgehead atoms. The number of anilines is 1. The fourth-order valence-electron chi connectivity index (χ4n) is 6.51. The molecule has 8 nitrogen and oxygen atoms in total. The molecule has 2 aromatic rings. The first-order chi connectivity index (χ1) is 19.8. The summed E-state index contributed by atoms with van der Waals surface area (Å²) in [4.78, 5) is 12.3. The molecule has 3 saturated heterocycles. The topological polar surface area (TPSA) is 69.2 Å². The molecule has 1 aromatic carbocycles. The number of ether oxygens (including phenoxy) is 4. The summed E-state index contributed by atoms with van der Waals surface area (Å²) in [5.74, 6) is -0.642. The van der Waals surface area contributed by atoms with Crippen LogP contribution in [0.4, 0.5) is 23.4 Å². The summed E-state index contributed by atoms with van der Waals surface area (Å²) in [5, 5.41) is 0.0477. The monoisotopic (exact) mass is 666 g/mol. The second kappa shape index (κ2) is 12.1. The Labute approximate surface area is 248 Å². The molecule has 4 aliphatic rings. The van der Waals surface area contributed by atoms with Crippen LogP contribution >= 0.6 is 27.5 Å². The molecule has 14 heteroatoms. The molecule has 0 spiro atoms. The lowest BCUT2D eigenvalue weighted by Crippen LogP contribution is -2.44. The lowest BCUT2D eigenvalue weighted by Gasteiger charge is -2.32. The highest BCUT2D eigenvalue weighted by Crippen LogP contribution is 2.47. The van der Waals surface area contributed by atoms with E-state index in [1.165, 1.54) is 4.90 Å². The van der Waals surface area contributed by atoms with Crippen LogP contribution in [0.15, 0.2) is 4.47 Å². The van der Waals surface area contributed by atoms with E-state index in [2.05, 4.69) is 30.8 Å². The zero-order chi connectivity index (χ0) is 28.7. The van der Waals surface area contributed by atoms with Gasteiger partial charge in [0.1, 0.15) is 35.7 Å². The summed E-state index contributed by atoms with van der Waals surface area (Å²) in [6.07, 6.45) is 1.04. The van der Waals surface area contributed by atoms with Gasteiger partial charge in [-0.15, -0.1) is 0 Å². The number of hydrogen-bond acceptors (Lipinski definition) is 8. The van der Waals surface area contributed by atoms with Crippen LogP contribution in [0.2, 0.25) is 5.02 Å². The molecule has 4 aliphatic heterocycles. The minimum absolute atomic E-state index is 0.0169. The molecule has 1 aromatic heterocycles. The molecule has 0 amide bonds. The molecular weight excluding hydrogens is 636 g/mol. The summed E-state index contributed by atoms with van der Waals surface area (Å²) in [6, 6.07) is -0.781. The standard InChI is InChI=1S/C27H32BrClF4N4O4/c28-20-21(29)24-19-23(22(20)33)34-26(41-14-27-6-3-7-36(27)11-15(30)10-27)35-25(19)37(12-17(31)32)16(13-40-24)5-9-39-18-4-1-2-8-38-18/h15-18H,1-14H2/t15-,16?,18?,27+/m1/s1. The molecule has 6 rings (SSSR count). The van der Waals surface area contributed by atoms with E-state index < -0.39 is 36.5 Å². The first-order valence-corrected chi connectivity index (χ1v) is 15.2. The highest BCUT2D eigenvalue weighted by Gasteiger charge is 2.49. The molecule has 4 atom stereocenters. The molecule has 0 aliphatic carbocycles. The fraction of sp³-hybridized carbons (Fsp3) is 0.704. The van der Waals surface area contributed by atoms with Gasteiger partial charge < -0.3 is 23.8 Å². The third-order valence-electron chi connectivity index (χ3n) is 8.48. The van der Waals surface area contributed by atoms with E-state index in [1.54, 1.807) is 0 Å². The number of hydrogen-bond donors (Lipinski definition) is 0. The Morgan fingerprint density at radius 1 is 1.22 bits per heavy atom. The number of alkyl halides is 3. The Hall–Kier alpha value is -1.67. The lowest BCUT2D eigenvalue weighted by atomic mass is 9.95. The van der Waals surface area contributed by atoms with Crippen molar-refractivity contribution < 1.29 is 36.5 Å². The van der Waals surface area contributed by atoms with Gasteiger partial charge in [-0.25, -0.2) is 17.6 Å². The van der Waals surface area contributed by atoms with Gasteiger partial charge in [0, 0.05) is 19.6 Å². The maximum Gasteiger partial charge on any atom is 0.319 e. The predicted molar refractivity (Wildman–Crippen MR) is 148 cm³/mol. The SMILES string of the molecule is Fc1c(Br)c(Cl)c2c3c(nc(OC[C@@]45CCCN4C[C@H](F)C5)nc13)N(CC(F)F)C(CCOC1CCCCO1)CO2. The normalized spacial score (nSPS) is 28.3. The van der Waals surface area contributed by atoms with E-state index >= 15 is 4.39 Å². The average Bonchev–Trinajstić information content (AvgIpc) is 3.43. The Balaban J connectivity index is 1.34. The van der Waals surface area contributed by atoms with Gasteiger partial charge in [0.05, 0.1) is 34.6 Å². The molecule has 3 fully saturated rings. The Bertz CT molecular complexity index is 1280. The number of aromatic nitrogens is 2. The second-order valence-corrected chi connectivity index (χ2v) is 12.3. The van der Waals surface area contributed by atoms with Crippen molar-refractivity contribution in [3.8, 4) is 11.8 Å². The van der Waals surface area contributed by atoms with E-state index in [0.29, 0.717) is 26.0 Å². The minimum atomic E-state index is -2.72. The lowest BCUT2D eigenvalue weighted by molar-refractivity contribution is -0.163. The van der Waals surface area contributed by atoms with Crippen molar-refractivity contribution in [1.29, 1.82) is 0 Å². The van der Waals surface area contributed by atoms with Crippen LogP contribution in [0.1, 0.15) is 44.9 Å². The van der Waals surface area contributed by atoms with Crippen LogP contribution in [0.3, 0.4) is 0 Å². The van der Waals surface area contributed by atoms with Gasteiger partial charge in [0.15, 0.2) is 17.9 Å². The Morgan fingerprint density at radius 2 is 2.07 bits per heavy atom. The molecule has 2 unspecified atom stereocenters. The number of fused-ring (bicyclic) bond motifs is 1. The second-order valence-electron chi connectivity index (χ2n) is 11.2. The van der Waals surface area contributed by atoms with Gasteiger partial charge >= 0.3 is 6.01 Å². The van der Waals surface area contributed by atoms with Gasteiger partial charge in [-0.3, -0.25) is 4.90 Å². The van der Waals surface area contributed by atoms with E-state index in [4.69, 9.17) is 30.5 Å². The third kappa shape index (κ3) is 5.81. The maximum atomic E-state index is 15.6. The average molecular weight is 668 g/mol. The largest absolute Gasteiger partial charge is 0.489 e. The van der Waals surface area contributed by atoms with E-state index in [9.17, 15) is 13.2 Å². The number of nitrogens with zero attached hydrogens (tertiary/aromatic N) is 4. The van der Waals surface area contributed by atoms with Crippen molar-refractivity contribution in [3.05, 3.63) is 15.3 Å². The van der Waals surface area contributed by atoms with Crippen molar-refractivity contribution >= 4 is 44.3 Å². The highest BCUT2D eigenvalue weighted by molar-refractivity contribution is 9.10. The summed E-state index contributed by atoms with van der Waals surface area (Å²) < 4.78 is 81.4. The van der Waals surface area contributed by atoms with Gasteiger partial charge in [-0.1, -0.05) is 11.6 Å². The number of benzene rings is 1. The van der Waals surface area contributed by atoms with Crippen LogP contribution in [0, 0.1) is 5.82 Å². The quantitative estimate of drug-likeness (QED) is 0.242. The first kappa shape index (κ1) is 29.4. The zero-order valence-corrected chi connectivity index (χ0v) is 24.7. The number of halogens is 6. The van der Waals surface area contributed by atoms with Gasteiger partial charge in [-0.2, -0.15) is 9.97 Å². The van der Waals surface area contributed by atoms with Crippen molar-refractivity contribution in [2.45, 2.75) is 75.4 Å². The van der Waals surface area contributed by atoms with Crippen LogP contribution in [-0.2, 0) is 9.47 Å². The highest BCUT2D eigenvalue weighted by atomic mass is 79.9. The third-order valence-corrected chi connectivity index (χ3v) is 9.81. The Kier molecular flexibility index (Phi) is 8.71. The summed E-state index contributed by atoms with van der Waals surface area (Å²) in [5.41, 5.74) is -0.665. The minimum Gasteiger partial charge on any atom is -0.489 e. The van der Waals surface area contributed by atoms with Crippen LogP contribution < -0.4 is 14.4 Å².